The van der Waals surface area contributed by atoms with Crippen LogP contribution in [0.15, 0.2) is 0 Å². The first kappa shape index (κ1) is 13.8. The first-order valence-corrected chi connectivity index (χ1v) is 6.20. The molecule has 0 aliphatic carbocycles. The van der Waals surface area contributed by atoms with E-state index in [0.29, 0.717) is 12.5 Å². The van der Waals surface area contributed by atoms with E-state index in [2.05, 4.69) is 6.92 Å². The number of rotatable bonds is 3. The van der Waals surface area contributed by atoms with Crippen molar-refractivity contribution in [2.75, 3.05) is 33.3 Å². The zero-order valence-corrected chi connectivity index (χ0v) is 10.9. The third-order valence-electron chi connectivity index (χ3n) is 3.05. The lowest BCUT2D eigenvalue weighted by atomic mass is 10.00. The summed E-state index contributed by atoms with van der Waals surface area (Å²) in [6, 6.07) is -0.0787. The summed E-state index contributed by atoms with van der Waals surface area (Å²) < 4.78 is 4.82. The van der Waals surface area contributed by atoms with Gasteiger partial charge in [-0.3, -0.25) is 4.79 Å². The van der Waals surface area contributed by atoms with Gasteiger partial charge in [0, 0.05) is 20.1 Å². The summed E-state index contributed by atoms with van der Waals surface area (Å²) in [5.74, 6) is 0.336. The molecule has 1 aliphatic rings. The third-order valence-corrected chi connectivity index (χ3v) is 3.05. The van der Waals surface area contributed by atoms with Crippen LogP contribution >= 0.6 is 0 Å². The highest BCUT2D eigenvalue weighted by Gasteiger charge is 2.24. The molecule has 5 nitrogen and oxygen atoms in total. The van der Waals surface area contributed by atoms with Gasteiger partial charge in [0.15, 0.2) is 0 Å². The molecule has 1 heterocycles. The number of nitrogens with zero attached hydrogens (tertiary/aromatic N) is 2. The molecule has 0 radical (unpaired) electrons. The second-order valence-electron chi connectivity index (χ2n) is 4.61. The summed E-state index contributed by atoms with van der Waals surface area (Å²) in [7, 11) is 1.64. The van der Waals surface area contributed by atoms with Crippen LogP contribution in [0.1, 0.15) is 26.7 Å². The lowest BCUT2D eigenvalue weighted by molar-refractivity contribution is -0.143. The predicted molar refractivity (Wildman–Crippen MR) is 64.6 cm³/mol. The van der Waals surface area contributed by atoms with E-state index in [1.54, 1.807) is 18.9 Å². The van der Waals surface area contributed by atoms with Crippen molar-refractivity contribution in [1.82, 2.24) is 9.80 Å². The average molecular weight is 242 g/mol. The molecular weight excluding hydrogens is 220 g/mol. The monoisotopic (exact) mass is 242 g/mol. The van der Waals surface area contributed by atoms with Crippen LogP contribution in [0, 0.1) is 5.92 Å². The minimum atomic E-state index is -0.353. The molecule has 0 aromatic carbocycles. The highest BCUT2D eigenvalue weighted by atomic mass is 16.5. The van der Waals surface area contributed by atoms with Gasteiger partial charge < -0.3 is 14.5 Å². The Morgan fingerprint density at radius 1 is 1.35 bits per heavy atom. The van der Waals surface area contributed by atoms with E-state index < -0.39 is 0 Å². The fourth-order valence-corrected chi connectivity index (χ4v) is 1.91. The Morgan fingerprint density at radius 3 is 2.47 bits per heavy atom. The molecular formula is C12H22N2O3. The SMILES string of the molecule is CCOC(=O)CN(C)C(=O)N1CCC(C)CC1. The van der Waals surface area contributed by atoms with Crippen LogP contribution in [0.2, 0.25) is 0 Å². The molecule has 0 aromatic heterocycles. The number of hydrogen-bond acceptors (Lipinski definition) is 3. The Morgan fingerprint density at radius 2 is 1.94 bits per heavy atom. The minimum absolute atomic E-state index is 0.0265. The summed E-state index contributed by atoms with van der Waals surface area (Å²) in [5, 5.41) is 0. The van der Waals surface area contributed by atoms with Crippen LogP contribution in [0.3, 0.4) is 0 Å². The van der Waals surface area contributed by atoms with Crippen molar-refractivity contribution in [3.63, 3.8) is 0 Å². The van der Waals surface area contributed by atoms with E-state index in [4.69, 9.17) is 4.74 Å². The van der Waals surface area contributed by atoms with Gasteiger partial charge in [-0.1, -0.05) is 6.92 Å². The van der Waals surface area contributed by atoms with Crippen LogP contribution < -0.4 is 0 Å². The molecule has 17 heavy (non-hydrogen) atoms. The van der Waals surface area contributed by atoms with E-state index in [0.717, 1.165) is 25.9 Å². The fraction of sp³-hybridized carbons (Fsp3) is 0.833. The van der Waals surface area contributed by atoms with Crippen molar-refractivity contribution in [3.8, 4) is 0 Å². The van der Waals surface area contributed by atoms with E-state index in [1.165, 1.54) is 4.90 Å². The van der Waals surface area contributed by atoms with E-state index >= 15 is 0 Å². The number of piperidine rings is 1. The Balaban J connectivity index is 2.38. The number of carbonyl (C=O) groups is 2. The van der Waals surface area contributed by atoms with Gasteiger partial charge in [0.1, 0.15) is 6.54 Å². The first-order valence-electron chi connectivity index (χ1n) is 6.20. The van der Waals surface area contributed by atoms with Crippen LogP contribution in [0.25, 0.3) is 0 Å². The first-order chi connectivity index (χ1) is 8.04. The number of likely N-dealkylation sites (tertiary alicyclic amines) is 1. The maximum absolute atomic E-state index is 12.0. The average Bonchev–Trinajstić information content (AvgIpc) is 2.29. The van der Waals surface area contributed by atoms with Crippen molar-refractivity contribution in [2.24, 2.45) is 5.92 Å². The predicted octanol–water partition coefficient (Wildman–Crippen LogP) is 1.33. The molecule has 0 unspecified atom stereocenters. The largest absolute Gasteiger partial charge is 0.465 e. The molecule has 1 aliphatic heterocycles. The lowest BCUT2D eigenvalue weighted by Crippen LogP contribution is -2.46. The molecule has 0 N–H and O–H groups in total. The Labute approximate surface area is 103 Å². The standard InChI is InChI=1S/C12H22N2O3/c1-4-17-11(15)9-13(3)12(16)14-7-5-10(2)6-8-14/h10H,4-9H2,1-3H3. The van der Waals surface area contributed by atoms with E-state index in [1.807, 2.05) is 0 Å². The Hall–Kier alpha value is -1.26. The molecule has 0 saturated carbocycles. The van der Waals surface area contributed by atoms with Crippen molar-refractivity contribution in [2.45, 2.75) is 26.7 Å². The molecule has 0 atom stereocenters. The van der Waals surface area contributed by atoms with Crippen molar-refractivity contribution in [3.05, 3.63) is 0 Å². The Kier molecular flexibility index (Phi) is 5.25. The second-order valence-corrected chi connectivity index (χ2v) is 4.61. The zero-order chi connectivity index (χ0) is 12.8. The molecule has 2 amide bonds. The van der Waals surface area contributed by atoms with Gasteiger partial charge >= 0.3 is 12.0 Å². The van der Waals surface area contributed by atoms with Crippen LogP contribution in [-0.4, -0.2) is 55.1 Å². The maximum atomic E-state index is 12.0. The number of hydrogen-bond donors (Lipinski definition) is 0. The summed E-state index contributed by atoms with van der Waals surface area (Å²) in [4.78, 5) is 26.5. The topological polar surface area (TPSA) is 49.9 Å². The summed E-state index contributed by atoms with van der Waals surface area (Å²) in [6.07, 6.45) is 2.08. The number of esters is 1. The van der Waals surface area contributed by atoms with Crippen LogP contribution in [0.5, 0.6) is 0 Å². The van der Waals surface area contributed by atoms with Crippen molar-refractivity contribution >= 4 is 12.0 Å². The molecule has 0 bridgehead atoms. The van der Waals surface area contributed by atoms with Crippen LogP contribution in [0.4, 0.5) is 4.79 Å². The summed E-state index contributed by atoms with van der Waals surface area (Å²) >= 11 is 0. The second kappa shape index (κ2) is 6.47. The molecule has 1 fully saturated rings. The van der Waals surface area contributed by atoms with E-state index in [-0.39, 0.29) is 18.5 Å². The zero-order valence-electron chi connectivity index (χ0n) is 10.9. The van der Waals surface area contributed by atoms with Crippen molar-refractivity contribution in [1.29, 1.82) is 0 Å². The van der Waals surface area contributed by atoms with E-state index in [9.17, 15) is 9.59 Å². The molecule has 1 rings (SSSR count). The van der Waals surface area contributed by atoms with Gasteiger partial charge in [-0.2, -0.15) is 0 Å². The highest BCUT2D eigenvalue weighted by molar-refractivity contribution is 5.80. The minimum Gasteiger partial charge on any atom is -0.465 e. The van der Waals surface area contributed by atoms with Crippen LogP contribution in [-0.2, 0) is 9.53 Å². The van der Waals surface area contributed by atoms with Gasteiger partial charge in [-0.05, 0) is 25.7 Å². The number of amides is 2. The smallest absolute Gasteiger partial charge is 0.325 e. The number of urea groups is 1. The van der Waals surface area contributed by atoms with Gasteiger partial charge in [-0.25, -0.2) is 4.79 Å². The quantitative estimate of drug-likeness (QED) is 0.702. The normalized spacial score (nSPS) is 16.8. The molecule has 1 saturated heterocycles. The van der Waals surface area contributed by atoms with Gasteiger partial charge in [0.25, 0.3) is 0 Å². The maximum Gasteiger partial charge on any atom is 0.325 e. The molecule has 0 spiro atoms. The fourth-order valence-electron chi connectivity index (χ4n) is 1.91. The summed E-state index contributed by atoms with van der Waals surface area (Å²) in [6.45, 7) is 5.90. The molecule has 0 aromatic rings. The highest BCUT2D eigenvalue weighted by Crippen LogP contribution is 2.16. The molecule has 5 heteroatoms. The lowest BCUT2D eigenvalue weighted by Gasteiger charge is -2.33. The summed E-state index contributed by atoms with van der Waals surface area (Å²) in [5.41, 5.74) is 0. The van der Waals surface area contributed by atoms with Gasteiger partial charge in [0.2, 0.25) is 0 Å². The Bertz CT molecular complexity index is 273. The van der Waals surface area contributed by atoms with Gasteiger partial charge in [0.05, 0.1) is 6.61 Å². The number of carbonyl (C=O) groups excluding carboxylic acids is 2. The third kappa shape index (κ3) is 4.24. The number of likely N-dealkylation sites (N-methyl/N-ethyl adjacent to an activating group) is 1. The van der Waals surface area contributed by atoms with Crippen molar-refractivity contribution < 1.29 is 14.3 Å². The van der Waals surface area contributed by atoms with Gasteiger partial charge in [-0.15, -0.1) is 0 Å². The number of ether oxygens (including phenoxy) is 1. The molecule has 98 valence electrons.